The fourth-order valence-electron chi connectivity index (χ4n) is 3.54. The van der Waals surface area contributed by atoms with Crippen molar-refractivity contribution < 1.29 is 55.2 Å². The van der Waals surface area contributed by atoms with Gasteiger partial charge in [-0.1, -0.05) is 52.0 Å². The first-order chi connectivity index (χ1) is 18.7. The van der Waals surface area contributed by atoms with E-state index in [1.54, 1.807) is 0 Å². The first-order valence-corrected chi connectivity index (χ1v) is 13.8. The summed E-state index contributed by atoms with van der Waals surface area (Å²) >= 11 is 0. The van der Waals surface area contributed by atoms with E-state index in [0.717, 1.165) is 32.1 Å². The predicted octanol–water partition coefficient (Wildman–Crippen LogP) is 9.58. The average Bonchev–Trinajstić information content (AvgIpc) is 2.82. The molecule has 0 saturated carbocycles. The number of hydrogen-bond acceptors (Lipinski definition) is 5. The van der Waals surface area contributed by atoms with Gasteiger partial charge in [-0.15, -0.1) is 0 Å². The van der Waals surface area contributed by atoms with Gasteiger partial charge in [0.25, 0.3) is 0 Å². The van der Waals surface area contributed by atoms with Gasteiger partial charge in [0.2, 0.25) is 5.82 Å². The van der Waals surface area contributed by atoms with Crippen LogP contribution in [0.4, 0.5) is 45.8 Å². The Labute approximate surface area is 226 Å². The molecular weight excluding hydrogens is 603 g/mol. The summed E-state index contributed by atoms with van der Waals surface area (Å²) in [5.74, 6) is -9.14. The van der Waals surface area contributed by atoms with Gasteiger partial charge in [0.1, 0.15) is 11.5 Å². The number of hydrogen-bond donors (Lipinski definition) is 0. The largest absolute Gasteiger partial charge is 0.462 e. The Morgan fingerprint density at radius 1 is 0.707 bits per heavy atom. The zero-order chi connectivity index (χ0) is 30.8. The number of alkyl halides is 4. The lowest BCUT2D eigenvalue weighted by Gasteiger charge is -2.40. The van der Waals surface area contributed by atoms with Crippen LogP contribution in [0.2, 0.25) is 0 Å². The first-order valence-electron chi connectivity index (χ1n) is 11.9. The van der Waals surface area contributed by atoms with Crippen LogP contribution < -0.4 is 9.47 Å². The lowest BCUT2D eigenvalue weighted by atomic mass is 10.1. The minimum absolute atomic E-state index is 0.406. The summed E-state index contributed by atoms with van der Waals surface area (Å²) in [7, 11) is -10.8. The highest BCUT2D eigenvalue weighted by atomic mass is 32.5. The van der Waals surface area contributed by atoms with Crippen LogP contribution in [0.15, 0.2) is 47.8 Å². The number of unbranched alkanes of at least 4 members (excludes halogenated alkanes) is 4. The molecule has 0 unspecified atom stereocenters. The van der Waals surface area contributed by atoms with Gasteiger partial charge in [0.05, 0.1) is 6.20 Å². The maximum Gasteiger partial charge on any atom is 0.462 e. The summed E-state index contributed by atoms with van der Waals surface area (Å²) < 4.78 is 158. The second kappa shape index (κ2) is 10.8. The monoisotopic (exact) mass is 625 g/mol. The highest BCUT2D eigenvalue weighted by Gasteiger charge is 2.69. The van der Waals surface area contributed by atoms with Gasteiger partial charge in [0, 0.05) is 24.5 Å². The van der Waals surface area contributed by atoms with Gasteiger partial charge in [-0.05, 0) is 30.5 Å². The molecule has 0 aliphatic rings. The van der Waals surface area contributed by atoms with E-state index in [4.69, 9.17) is 0 Å². The van der Waals surface area contributed by atoms with Gasteiger partial charge >= 0.3 is 22.4 Å². The Bertz CT molecular complexity index is 1330. The molecule has 2 heterocycles. The highest BCUT2D eigenvalue weighted by Crippen LogP contribution is 3.02. The lowest BCUT2D eigenvalue weighted by molar-refractivity contribution is -0.193. The standard InChI is InChI=1S/C24H22F11N3O2S/c1-2-3-4-5-6-7-15-12-37-22(38-13-15)24(29,30)39-16-8-9-20(36-14-16)23(27,28)40-17-10-18(25)21(19(26)11-17)41(31,32,33,34)35/h8-14H,2-7H2,1H3. The minimum Gasteiger partial charge on any atom is -0.428 e. The Hall–Kier alpha value is -3.37. The number of aromatic nitrogens is 3. The molecule has 0 saturated heterocycles. The fourth-order valence-corrected chi connectivity index (χ4v) is 4.39. The number of nitrogens with zero attached hydrogens (tertiary/aromatic N) is 3. The van der Waals surface area contributed by atoms with E-state index < -0.39 is 74.1 Å². The van der Waals surface area contributed by atoms with Gasteiger partial charge in [0.15, 0.2) is 22.2 Å². The van der Waals surface area contributed by atoms with Crippen LogP contribution in [0.3, 0.4) is 0 Å². The van der Waals surface area contributed by atoms with Crippen LogP contribution in [0, 0.1) is 11.6 Å². The second-order valence-corrected chi connectivity index (χ2v) is 11.2. The Balaban J connectivity index is 1.68. The molecule has 0 atom stereocenters. The van der Waals surface area contributed by atoms with Crippen LogP contribution in [0.1, 0.15) is 56.1 Å². The van der Waals surface area contributed by atoms with E-state index in [0.29, 0.717) is 30.3 Å². The van der Waals surface area contributed by atoms with E-state index in [-0.39, 0.29) is 0 Å². The average molecular weight is 626 g/mol. The number of ether oxygens (including phenoxy) is 2. The molecule has 0 aliphatic heterocycles. The molecular formula is C24H22F11N3O2S. The smallest absolute Gasteiger partial charge is 0.428 e. The fraction of sp³-hybridized carbons (Fsp3) is 0.375. The maximum atomic E-state index is 14.5. The van der Waals surface area contributed by atoms with Crippen molar-refractivity contribution in [1.29, 1.82) is 0 Å². The summed E-state index contributed by atoms with van der Waals surface area (Å²) in [6.45, 7) is 2.07. The molecule has 228 valence electrons. The number of aryl methyl sites for hydroxylation is 1. The summed E-state index contributed by atoms with van der Waals surface area (Å²) in [4.78, 5) is 6.81. The topological polar surface area (TPSA) is 57.1 Å². The Morgan fingerprint density at radius 2 is 1.27 bits per heavy atom. The summed E-state index contributed by atoms with van der Waals surface area (Å²) in [5.41, 5.74) is -0.734. The van der Waals surface area contributed by atoms with Crippen LogP contribution in [-0.2, 0) is 18.6 Å². The van der Waals surface area contributed by atoms with Gasteiger partial charge in [-0.25, -0.2) is 23.7 Å². The highest BCUT2D eigenvalue weighted by molar-refractivity contribution is 8.45. The van der Waals surface area contributed by atoms with Crippen molar-refractivity contribution in [2.45, 2.75) is 62.6 Å². The molecule has 0 fully saturated rings. The predicted molar refractivity (Wildman–Crippen MR) is 126 cm³/mol. The van der Waals surface area contributed by atoms with Crippen LogP contribution in [0.5, 0.6) is 11.5 Å². The van der Waals surface area contributed by atoms with E-state index in [9.17, 15) is 45.8 Å². The summed E-state index contributed by atoms with van der Waals surface area (Å²) in [5, 5.41) is 0. The van der Waals surface area contributed by atoms with Crippen LogP contribution in [-0.4, -0.2) is 15.0 Å². The Morgan fingerprint density at radius 3 is 1.78 bits per heavy atom. The quantitative estimate of drug-likeness (QED) is 0.140. The minimum atomic E-state index is -10.8. The molecule has 5 nitrogen and oxygen atoms in total. The van der Waals surface area contributed by atoms with Crippen molar-refractivity contribution in [3.8, 4) is 11.5 Å². The molecule has 0 amide bonds. The van der Waals surface area contributed by atoms with Crippen molar-refractivity contribution >= 4 is 10.2 Å². The van der Waals surface area contributed by atoms with Gasteiger partial charge in [-0.3, -0.25) is 0 Å². The zero-order valence-electron chi connectivity index (χ0n) is 21.0. The molecule has 0 spiro atoms. The number of rotatable bonds is 13. The van der Waals surface area contributed by atoms with Gasteiger partial charge in [-0.2, -0.15) is 17.6 Å². The van der Waals surface area contributed by atoms with Crippen molar-refractivity contribution in [2.75, 3.05) is 0 Å². The number of benzene rings is 1. The van der Waals surface area contributed by atoms with E-state index in [1.807, 2.05) is 0 Å². The van der Waals surface area contributed by atoms with Crippen molar-refractivity contribution in [2.24, 2.45) is 0 Å². The molecule has 2 aromatic heterocycles. The first kappa shape index (κ1) is 32.1. The van der Waals surface area contributed by atoms with Crippen molar-refractivity contribution in [1.82, 2.24) is 15.0 Å². The molecule has 17 heteroatoms. The summed E-state index contributed by atoms with van der Waals surface area (Å²) in [6, 6.07) is -0.0275. The molecule has 41 heavy (non-hydrogen) atoms. The van der Waals surface area contributed by atoms with Gasteiger partial charge < -0.3 is 9.47 Å². The summed E-state index contributed by atoms with van der Waals surface area (Å²) in [6.07, 6.45) is -0.346. The lowest BCUT2D eigenvalue weighted by Crippen LogP contribution is -2.26. The molecule has 0 radical (unpaired) electrons. The normalized spacial score (nSPS) is 14.3. The van der Waals surface area contributed by atoms with Crippen molar-refractivity contribution in [3.05, 3.63) is 71.6 Å². The molecule has 0 aliphatic carbocycles. The van der Waals surface area contributed by atoms with E-state index >= 15 is 0 Å². The Kier molecular flexibility index (Phi) is 8.47. The number of halogens is 11. The molecule has 3 rings (SSSR count). The van der Waals surface area contributed by atoms with Crippen LogP contribution >= 0.6 is 10.2 Å². The molecule has 1 aromatic carbocycles. The molecule has 3 aromatic rings. The third kappa shape index (κ3) is 8.56. The third-order valence-corrected chi connectivity index (χ3v) is 6.58. The van der Waals surface area contributed by atoms with Crippen molar-refractivity contribution in [3.63, 3.8) is 0 Å². The van der Waals surface area contributed by atoms with Crippen LogP contribution in [0.25, 0.3) is 0 Å². The zero-order valence-corrected chi connectivity index (χ0v) is 21.8. The number of pyridine rings is 1. The van der Waals surface area contributed by atoms with E-state index in [2.05, 4.69) is 31.3 Å². The maximum absolute atomic E-state index is 14.5. The SMILES string of the molecule is CCCCCCCc1cnc(C(F)(F)Oc2ccc(C(F)(F)Oc3cc(F)c(S(F)(F)(F)(F)F)c(F)c3)nc2)nc1. The second-order valence-electron chi connectivity index (χ2n) is 8.88. The van der Waals surface area contributed by atoms with E-state index in [1.165, 1.54) is 12.4 Å². The molecule has 0 bridgehead atoms. The third-order valence-electron chi connectivity index (χ3n) is 5.42. The molecule has 0 N–H and O–H groups in total.